The van der Waals surface area contributed by atoms with Gasteiger partial charge in [-0.05, 0) is 30.2 Å². The SMILES string of the molecule is CN(Cc1cc(Cl)cc(Cl)c1)C(=O)C1CC1N. The Kier molecular flexibility index (Phi) is 3.61. The number of rotatable bonds is 3. The van der Waals surface area contributed by atoms with Crippen molar-refractivity contribution in [3.63, 3.8) is 0 Å². The van der Waals surface area contributed by atoms with Crippen molar-refractivity contribution in [2.45, 2.75) is 19.0 Å². The minimum Gasteiger partial charge on any atom is -0.341 e. The molecule has 1 aromatic rings. The molecular weight excluding hydrogens is 259 g/mol. The molecular formula is C12H14Cl2N2O. The predicted octanol–water partition coefficient (Wildman–Crippen LogP) is 2.30. The standard InChI is InChI=1S/C12H14Cl2N2O/c1-16(12(17)10-5-11(10)15)6-7-2-8(13)4-9(14)3-7/h2-4,10-11H,5-6,15H2,1H3. The minimum atomic E-state index is -0.00495. The second-order valence-corrected chi connectivity index (χ2v) is 5.35. The number of benzene rings is 1. The van der Waals surface area contributed by atoms with Gasteiger partial charge in [-0.15, -0.1) is 0 Å². The third kappa shape index (κ3) is 3.12. The van der Waals surface area contributed by atoms with E-state index in [1.54, 1.807) is 18.0 Å². The van der Waals surface area contributed by atoms with Crippen molar-refractivity contribution in [3.05, 3.63) is 33.8 Å². The quantitative estimate of drug-likeness (QED) is 0.918. The van der Waals surface area contributed by atoms with Crippen molar-refractivity contribution >= 4 is 29.1 Å². The van der Waals surface area contributed by atoms with Gasteiger partial charge in [-0.25, -0.2) is 0 Å². The van der Waals surface area contributed by atoms with Crippen LogP contribution in [0, 0.1) is 5.92 Å². The van der Waals surface area contributed by atoms with E-state index in [2.05, 4.69) is 0 Å². The molecule has 1 aliphatic carbocycles. The first-order valence-electron chi connectivity index (χ1n) is 5.43. The van der Waals surface area contributed by atoms with Crippen molar-refractivity contribution in [3.8, 4) is 0 Å². The number of hydrogen-bond acceptors (Lipinski definition) is 2. The molecule has 1 aromatic carbocycles. The Morgan fingerprint density at radius 3 is 2.41 bits per heavy atom. The first kappa shape index (κ1) is 12.7. The van der Waals surface area contributed by atoms with Crippen LogP contribution in [0.1, 0.15) is 12.0 Å². The fourth-order valence-electron chi connectivity index (χ4n) is 1.84. The first-order valence-corrected chi connectivity index (χ1v) is 6.18. The van der Waals surface area contributed by atoms with Gasteiger partial charge in [0.05, 0.1) is 5.92 Å². The molecule has 0 aromatic heterocycles. The highest BCUT2D eigenvalue weighted by Gasteiger charge is 2.41. The Morgan fingerprint density at radius 2 is 1.94 bits per heavy atom. The molecule has 2 rings (SSSR count). The molecule has 0 aliphatic heterocycles. The topological polar surface area (TPSA) is 46.3 Å². The number of hydrogen-bond donors (Lipinski definition) is 1. The van der Waals surface area contributed by atoms with Crippen LogP contribution >= 0.6 is 23.2 Å². The number of amides is 1. The van der Waals surface area contributed by atoms with E-state index in [-0.39, 0.29) is 17.9 Å². The average Bonchev–Trinajstić information content (AvgIpc) is 2.92. The number of carbonyl (C=O) groups is 1. The van der Waals surface area contributed by atoms with Crippen molar-refractivity contribution in [1.29, 1.82) is 0 Å². The van der Waals surface area contributed by atoms with Crippen molar-refractivity contribution in [2.24, 2.45) is 11.7 Å². The Morgan fingerprint density at radius 1 is 1.41 bits per heavy atom. The molecule has 2 N–H and O–H groups in total. The maximum Gasteiger partial charge on any atom is 0.227 e. The van der Waals surface area contributed by atoms with Gasteiger partial charge >= 0.3 is 0 Å². The monoisotopic (exact) mass is 272 g/mol. The van der Waals surface area contributed by atoms with E-state index in [1.165, 1.54) is 0 Å². The largest absolute Gasteiger partial charge is 0.341 e. The highest BCUT2D eigenvalue weighted by molar-refractivity contribution is 6.34. The summed E-state index contributed by atoms with van der Waals surface area (Å²) in [4.78, 5) is 13.5. The summed E-state index contributed by atoms with van der Waals surface area (Å²) in [6, 6.07) is 5.33. The van der Waals surface area contributed by atoms with Gasteiger partial charge in [-0.3, -0.25) is 4.79 Å². The lowest BCUT2D eigenvalue weighted by Gasteiger charge is -2.17. The zero-order valence-corrected chi connectivity index (χ0v) is 11.0. The van der Waals surface area contributed by atoms with Gasteiger partial charge in [0, 0.05) is 29.7 Å². The Hall–Kier alpha value is -0.770. The molecule has 1 amide bonds. The van der Waals surface area contributed by atoms with Gasteiger partial charge in [0.25, 0.3) is 0 Å². The third-order valence-electron chi connectivity index (χ3n) is 2.88. The lowest BCUT2D eigenvalue weighted by atomic mass is 10.2. The second kappa shape index (κ2) is 4.84. The molecule has 1 fully saturated rings. The van der Waals surface area contributed by atoms with E-state index in [0.29, 0.717) is 16.6 Å². The smallest absolute Gasteiger partial charge is 0.227 e. The molecule has 0 heterocycles. The van der Waals surface area contributed by atoms with Crippen LogP contribution in [0.25, 0.3) is 0 Å². The van der Waals surface area contributed by atoms with Crippen LogP contribution in [0.15, 0.2) is 18.2 Å². The molecule has 0 radical (unpaired) electrons. The lowest BCUT2D eigenvalue weighted by molar-refractivity contribution is -0.131. The minimum absolute atomic E-state index is 0.00495. The summed E-state index contributed by atoms with van der Waals surface area (Å²) in [6.07, 6.45) is 0.791. The average molecular weight is 273 g/mol. The van der Waals surface area contributed by atoms with E-state index in [4.69, 9.17) is 28.9 Å². The first-order chi connectivity index (χ1) is 7.97. The van der Waals surface area contributed by atoms with E-state index in [1.807, 2.05) is 12.1 Å². The number of nitrogens with zero attached hydrogens (tertiary/aromatic N) is 1. The Bertz CT molecular complexity index is 430. The summed E-state index contributed by atoms with van der Waals surface area (Å²) in [5, 5.41) is 1.16. The summed E-state index contributed by atoms with van der Waals surface area (Å²) in [5.74, 6) is 0.0863. The normalized spacial score (nSPS) is 22.4. The summed E-state index contributed by atoms with van der Waals surface area (Å²) in [6.45, 7) is 0.502. The molecule has 2 atom stereocenters. The maximum atomic E-state index is 11.9. The van der Waals surface area contributed by atoms with Gasteiger partial charge in [0.1, 0.15) is 0 Å². The Labute approximate surface area is 110 Å². The van der Waals surface area contributed by atoms with Crippen LogP contribution in [0.5, 0.6) is 0 Å². The van der Waals surface area contributed by atoms with E-state index >= 15 is 0 Å². The molecule has 1 saturated carbocycles. The molecule has 92 valence electrons. The summed E-state index contributed by atoms with van der Waals surface area (Å²) in [5.41, 5.74) is 6.58. The number of halogens is 2. The van der Waals surface area contributed by atoms with Crippen molar-refractivity contribution in [2.75, 3.05) is 7.05 Å². The number of nitrogens with two attached hydrogens (primary N) is 1. The fraction of sp³-hybridized carbons (Fsp3) is 0.417. The van der Waals surface area contributed by atoms with Gasteiger partial charge in [-0.2, -0.15) is 0 Å². The molecule has 3 nitrogen and oxygen atoms in total. The van der Waals surface area contributed by atoms with E-state index in [9.17, 15) is 4.79 Å². The van der Waals surface area contributed by atoms with Crippen molar-refractivity contribution < 1.29 is 4.79 Å². The van der Waals surface area contributed by atoms with Gasteiger partial charge in [0.2, 0.25) is 5.91 Å². The molecule has 0 saturated heterocycles. The van der Waals surface area contributed by atoms with E-state index in [0.717, 1.165) is 12.0 Å². The summed E-state index contributed by atoms with van der Waals surface area (Å²) in [7, 11) is 1.77. The van der Waals surface area contributed by atoms with Gasteiger partial charge in [0.15, 0.2) is 0 Å². The fourth-order valence-corrected chi connectivity index (χ4v) is 2.41. The molecule has 17 heavy (non-hydrogen) atoms. The maximum absolute atomic E-state index is 11.9. The lowest BCUT2D eigenvalue weighted by Crippen LogP contribution is -2.29. The zero-order valence-electron chi connectivity index (χ0n) is 9.49. The zero-order chi connectivity index (χ0) is 12.6. The highest BCUT2D eigenvalue weighted by atomic mass is 35.5. The van der Waals surface area contributed by atoms with Crippen LogP contribution in [0.3, 0.4) is 0 Å². The van der Waals surface area contributed by atoms with Crippen LogP contribution < -0.4 is 5.73 Å². The molecule has 5 heteroatoms. The molecule has 1 aliphatic rings. The second-order valence-electron chi connectivity index (χ2n) is 4.48. The van der Waals surface area contributed by atoms with E-state index < -0.39 is 0 Å². The Balaban J connectivity index is 2.02. The third-order valence-corrected chi connectivity index (χ3v) is 3.31. The summed E-state index contributed by atoms with van der Waals surface area (Å²) < 4.78 is 0. The predicted molar refractivity (Wildman–Crippen MR) is 69.0 cm³/mol. The van der Waals surface area contributed by atoms with Crippen LogP contribution in [-0.4, -0.2) is 23.9 Å². The molecule has 2 unspecified atom stereocenters. The summed E-state index contributed by atoms with van der Waals surface area (Å²) >= 11 is 11.8. The van der Waals surface area contributed by atoms with Crippen molar-refractivity contribution in [1.82, 2.24) is 4.90 Å². The molecule has 0 bridgehead atoms. The highest BCUT2D eigenvalue weighted by Crippen LogP contribution is 2.30. The number of carbonyl (C=O) groups excluding carboxylic acids is 1. The van der Waals surface area contributed by atoms with Crippen LogP contribution in [0.4, 0.5) is 0 Å². The van der Waals surface area contributed by atoms with Crippen LogP contribution in [0.2, 0.25) is 10.0 Å². The van der Waals surface area contributed by atoms with Crippen LogP contribution in [-0.2, 0) is 11.3 Å². The van der Waals surface area contributed by atoms with Gasteiger partial charge < -0.3 is 10.6 Å². The van der Waals surface area contributed by atoms with Gasteiger partial charge in [-0.1, -0.05) is 23.2 Å². The molecule has 0 spiro atoms.